The van der Waals surface area contributed by atoms with Crippen molar-refractivity contribution in [1.82, 2.24) is 4.57 Å². The van der Waals surface area contributed by atoms with Gasteiger partial charge in [-0.3, -0.25) is 0 Å². The van der Waals surface area contributed by atoms with E-state index in [-0.39, 0.29) is 12.3 Å². The van der Waals surface area contributed by atoms with E-state index < -0.39 is 5.97 Å². The average Bonchev–Trinajstić information content (AvgIpc) is 3.49. The summed E-state index contributed by atoms with van der Waals surface area (Å²) >= 11 is 0. The number of fused-ring (bicyclic) bond motifs is 2. The van der Waals surface area contributed by atoms with E-state index in [0.717, 1.165) is 17.7 Å². The molecule has 184 valence electrons. The number of aromatic nitrogens is 1. The van der Waals surface area contributed by atoms with Crippen molar-refractivity contribution < 1.29 is 19.4 Å². The molecule has 0 bridgehead atoms. The van der Waals surface area contributed by atoms with Gasteiger partial charge in [0.1, 0.15) is 18.1 Å². The van der Waals surface area contributed by atoms with Crippen molar-refractivity contribution in [2.45, 2.75) is 25.5 Å². The zero-order chi connectivity index (χ0) is 25.2. The molecule has 1 aliphatic rings. The highest BCUT2D eigenvalue weighted by atomic mass is 16.5. The van der Waals surface area contributed by atoms with E-state index in [1.54, 1.807) is 0 Å². The predicted octanol–water partition coefficient (Wildman–Crippen LogP) is 5.55. The number of para-hydroxylation sites is 1. The maximum atomic E-state index is 11.0. The van der Waals surface area contributed by atoms with Crippen molar-refractivity contribution in [1.29, 1.82) is 0 Å². The molecular formula is C32H26NO4-. The molecular weight excluding hydrogens is 462 g/mol. The van der Waals surface area contributed by atoms with Crippen molar-refractivity contribution in [2.24, 2.45) is 0 Å². The van der Waals surface area contributed by atoms with Gasteiger partial charge in [-0.25, -0.2) is 0 Å². The number of carbonyl (C=O) groups excluding carboxylic acids is 1. The van der Waals surface area contributed by atoms with Crippen LogP contribution in [0, 0.1) is 0 Å². The van der Waals surface area contributed by atoms with Crippen LogP contribution in [-0.4, -0.2) is 17.1 Å². The first-order valence-electron chi connectivity index (χ1n) is 12.4. The third kappa shape index (κ3) is 4.81. The molecule has 1 unspecified atom stereocenters. The first-order valence-corrected chi connectivity index (χ1v) is 12.4. The van der Waals surface area contributed by atoms with Gasteiger partial charge in [0, 0.05) is 46.7 Å². The zero-order valence-electron chi connectivity index (χ0n) is 20.3. The topological polar surface area (TPSA) is 63.5 Å². The Morgan fingerprint density at radius 3 is 2.46 bits per heavy atom. The minimum atomic E-state index is -1.06. The van der Waals surface area contributed by atoms with Gasteiger partial charge >= 0.3 is 0 Å². The summed E-state index contributed by atoms with van der Waals surface area (Å²) in [4.78, 5) is 11.0. The molecule has 0 amide bonds. The van der Waals surface area contributed by atoms with Gasteiger partial charge in [0.25, 0.3) is 0 Å². The first kappa shape index (κ1) is 22.9. The van der Waals surface area contributed by atoms with Gasteiger partial charge in [-0.2, -0.15) is 0 Å². The molecule has 37 heavy (non-hydrogen) atoms. The summed E-state index contributed by atoms with van der Waals surface area (Å²) in [6.07, 6.45) is -0.0365. The van der Waals surface area contributed by atoms with E-state index >= 15 is 0 Å². The van der Waals surface area contributed by atoms with E-state index in [9.17, 15) is 9.90 Å². The Balaban J connectivity index is 1.16. The SMILES string of the molecule is O=C([O-])CC1COc2cc(OCc3ccc(Cn4c(-c5ccccc5)cc5ccccc54)cc3)ccc21. The van der Waals surface area contributed by atoms with Gasteiger partial charge in [-0.1, -0.05) is 78.9 Å². The Labute approximate surface area is 215 Å². The molecule has 6 rings (SSSR count). The van der Waals surface area contributed by atoms with Gasteiger partial charge in [0.2, 0.25) is 0 Å². The minimum absolute atomic E-state index is 0.0365. The number of carbonyl (C=O) groups is 1. The molecule has 0 fully saturated rings. The fraction of sp³-hybridized carbons (Fsp3) is 0.156. The predicted molar refractivity (Wildman–Crippen MR) is 142 cm³/mol. The number of hydrogen-bond acceptors (Lipinski definition) is 4. The third-order valence-electron chi connectivity index (χ3n) is 6.93. The molecule has 0 radical (unpaired) electrons. The van der Waals surface area contributed by atoms with Crippen molar-refractivity contribution in [3.63, 3.8) is 0 Å². The summed E-state index contributed by atoms with van der Waals surface area (Å²) in [5.74, 6) is 0.156. The Morgan fingerprint density at radius 2 is 1.65 bits per heavy atom. The fourth-order valence-electron chi connectivity index (χ4n) is 5.04. The maximum Gasteiger partial charge on any atom is 0.126 e. The molecule has 4 aromatic carbocycles. The molecule has 0 aliphatic carbocycles. The summed E-state index contributed by atoms with van der Waals surface area (Å²) in [7, 11) is 0. The number of carboxylic acids is 1. The average molecular weight is 489 g/mol. The number of benzene rings is 4. The van der Waals surface area contributed by atoms with E-state index in [1.807, 2.05) is 24.3 Å². The van der Waals surface area contributed by atoms with Crippen molar-refractivity contribution in [3.8, 4) is 22.8 Å². The van der Waals surface area contributed by atoms with Crippen LogP contribution in [0.2, 0.25) is 0 Å². The van der Waals surface area contributed by atoms with Crippen LogP contribution in [0.4, 0.5) is 0 Å². The standard InChI is InChI=1S/C32H27NO4/c34-32(35)17-26-21-37-31-18-27(14-15-28(26)31)36-20-23-12-10-22(11-13-23)19-33-29-9-5-4-8-25(29)16-30(33)24-6-2-1-3-7-24/h1-16,18,26H,17,19-21H2,(H,34,35)/p-1. The fourth-order valence-corrected chi connectivity index (χ4v) is 5.04. The number of rotatable bonds is 8. The van der Waals surface area contributed by atoms with E-state index in [1.165, 1.54) is 27.7 Å². The van der Waals surface area contributed by atoms with Crippen LogP contribution in [0.25, 0.3) is 22.2 Å². The maximum absolute atomic E-state index is 11.0. The van der Waals surface area contributed by atoms with Crippen LogP contribution in [0.5, 0.6) is 11.5 Å². The molecule has 1 aliphatic heterocycles. The molecule has 1 atom stereocenters. The molecule has 0 saturated carbocycles. The summed E-state index contributed by atoms with van der Waals surface area (Å²) in [5, 5.41) is 12.2. The summed E-state index contributed by atoms with van der Waals surface area (Å²) in [6.45, 7) is 1.56. The molecule has 0 N–H and O–H groups in total. The van der Waals surface area contributed by atoms with E-state index in [0.29, 0.717) is 24.7 Å². The molecule has 5 nitrogen and oxygen atoms in total. The Bertz CT molecular complexity index is 1550. The quantitative estimate of drug-likeness (QED) is 0.287. The van der Waals surface area contributed by atoms with Gasteiger partial charge < -0.3 is 23.9 Å². The smallest absolute Gasteiger partial charge is 0.126 e. The second-order valence-electron chi connectivity index (χ2n) is 9.43. The Morgan fingerprint density at radius 1 is 0.892 bits per heavy atom. The van der Waals surface area contributed by atoms with Crippen LogP contribution in [0.1, 0.15) is 29.0 Å². The van der Waals surface area contributed by atoms with Gasteiger partial charge in [0.15, 0.2) is 0 Å². The van der Waals surface area contributed by atoms with Gasteiger partial charge in [-0.05, 0) is 41.3 Å². The highest BCUT2D eigenvalue weighted by molar-refractivity contribution is 5.87. The normalized spacial score (nSPS) is 14.3. The largest absolute Gasteiger partial charge is 0.550 e. The number of carboxylic acid groups (broad SMARTS) is 1. The van der Waals surface area contributed by atoms with Crippen LogP contribution in [0.15, 0.2) is 103 Å². The number of ether oxygens (including phenoxy) is 2. The molecule has 5 heteroatoms. The summed E-state index contributed by atoms with van der Waals surface area (Å²) in [5.41, 5.74) is 6.80. The van der Waals surface area contributed by atoms with Crippen LogP contribution in [0.3, 0.4) is 0 Å². The lowest BCUT2D eigenvalue weighted by Crippen LogP contribution is -2.24. The van der Waals surface area contributed by atoms with Crippen molar-refractivity contribution >= 4 is 16.9 Å². The highest BCUT2D eigenvalue weighted by Gasteiger charge is 2.24. The third-order valence-corrected chi connectivity index (χ3v) is 6.93. The Hall–Kier alpha value is -4.51. The summed E-state index contributed by atoms with van der Waals surface area (Å²) in [6, 6.07) is 35.3. The van der Waals surface area contributed by atoms with Gasteiger partial charge in [-0.15, -0.1) is 0 Å². The monoisotopic (exact) mass is 488 g/mol. The Kier molecular flexibility index (Phi) is 6.11. The second-order valence-corrected chi connectivity index (χ2v) is 9.43. The summed E-state index contributed by atoms with van der Waals surface area (Å²) < 4.78 is 14.0. The number of aliphatic carboxylic acids is 1. The molecule has 2 heterocycles. The molecule has 5 aromatic rings. The van der Waals surface area contributed by atoms with Gasteiger partial charge in [0.05, 0.1) is 6.61 Å². The van der Waals surface area contributed by atoms with Crippen LogP contribution >= 0.6 is 0 Å². The first-order chi connectivity index (χ1) is 18.1. The molecule has 0 spiro atoms. The number of nitrogens with zero attached hydrogens (tertiary/aromatic N) is 1. The lowest BCUT2D eigenvalue weighted by atomic mass is 9.98. The molecule has 0 saturated heterocycles. The van der Waals surface area contributed by atoms with Crippen molar-refractivity contribution in [2.75, 3.05) is 6.61 Å². The highest BCUT2D eigenvalue weighted by Crippen LogP contribution is 2.38. The molecule has 1 aromatic heterocycles. The van der Waals surface area contributed by atoms with E-state index in [2.05, 4.69) is 83.4 Å². The van der Waals surface area contributed by atoms with E-state index in [4.69, 9.17) is 9.47 Å². The lowest BCUT2D eigenvalue weighted by Gasteiger charge is -2.13. The minimum Gasteiger partial charge on any atom is -0.550 e. The number of hydrogen-bond donors (Lipinski definition) is 0. The van der Waals surface area contributed by atoms with Crippen LogP contribution < -0.4 is 14.6 Å². The van der Waals surface area contributed by atoms with Crippen molar-refractivity contribution in [3.05, 3.63) is 120 Å². The zero-order valence-corrected chi connectivity index (χ0v) is 20.3. The van der Waals surface area contributed by atoms with Crippen LogP contribution in [-0.2, 0) is 17.9 Å². The second kappa shape index (κ2) is 9.86. The lowest BCUT2D eigenvalue weighted by molar-refractivity contribution is -0.306.